The lowest BCUT2D eigenvalue weighted by Crippen LogP contribution is -2.22. The van der Waals surface area contributed by atoms with Crippen LogP contribution in [0, 0.1) is 17.0 Å². The number of nitro groups is 1. The number of hydrogen-bond acceptors (Lipinski definition) is 7. The molecule has 0 N–H and O–H groups in total. The van der Waals surface area contributed by atoms with Gasteiger partial charge in [-0.3, -0.25) is 14.9 Å². The first kappa shape index (κ1) is 14.5. The van der Waals surface area contributed by atoms with Crippen LogP contribution in [0.5, 0.6) is 0 Å². The highest BCUT2D eigenvalue weighted by molar-refractivity contribution is 7.20. The Hall–Kier alpha value is -2.39. The number of aryl methyl sites for hydroxylation is 1. The zero-order valence-electron chi connectivity index (χ0n) is 11.2. The molecule has 3 aromatic rings. The van der Waals surface area contributed by atoms with Gasteiger partial charge in [0.25, 0.3) is 11.2 Å². The second-order valence-electron chi connectivity index (χ2n) is 4.57. The monoisotopic (exact) mass is 337 g/mol. The largest absolute Gasteiger partial charge is 0.297 e. The minimum absolute atomic E-state index is 0.000508. The molecule has 0 fully saturated rings. The van der Waals surface area contributed by atoms with E-state index >= 15 is 0 Å². The lowest BCUT2D eigenvalue weighted by molar-refractivity contribution is -0.385. The summed E-state index contributed by atoms with van der Waals surface area (Å²) >= 11 is 6.77. The van der Waals surface area contributed by atoms with Gasteiger partial charge in [-0.05, 0) is 24.1 Å². The van der Waals surface area contributed by atoms with Crippen LogP contribution in [0.15, 0.2) is 23.0 Å². The first-order valence-corrected chi connectivity index (χ1v) is 7.30. The number of nitro benzene ring substituents is 1. The normalized spacial score (nSPS) is 11.0. The summed E-state index contributed by atoms with van der Waals surface area (Å²) in [7, 11) is 0. The molecule has 1 aromatic carbocycles. The van der Waals surface area contributed by atoms with Crippen molar-refractivity contribution in [2.24, 2.45) is 0 Å². The highest BCUT2D eigenvalue weighted by Crippen LogP contribution is 2.22. The fourth-order valence-corrected chi connectivity index (χ4v) is 2.86. The first-order chi connectivity index (χ1) is 10.5. The van der Waals surface area contributed by atoms with Gasteiger partial charge < -0.3 is 0 Å². The fourth-order valence-electron chi connectivity index (χ4n) is 2.01. The van der Waals surface area contributed by atoms with E-state index in [1.807, 2.05) is 0 Å². The zero-order valence-corrected chi connectivity index (χ0v) is 12.8. The van der Waals surface area contributed by atoms with Crippen molar-refractivity contribution in [3.8, 4) is 0 Å². The van der Waals surface area contributed by atoms with E-state index in [9.17, 15) is 14.9 Å². The molecular weight excluding hydrogens is 330 g/mol. The summed E-state index contributed by atoms with van der Waals surface area (Å²) in [5, 5.41) is 22.7. The quantitative estimate of drug-likeness (QED) is 0.535. The molecule has 0 spiro atoms. The zero-order chi connectivity index (χ0) is 15.9. The van der Waals surface area contributed by atoms with Crippen LogP contribution in [0.2, 0.25) is 4.47 Å². The summed E-state index contributed by atoms with van der Waals surface area (Å²) in [5.41, 5.74) is 0.695. The second-order valence-corrected chi connectivity index (χ2v) is 6.11. The van der Waals surface area contributed by atoms with Gasteiger partial charge in [-0.1, -0.05) is 23.5 Å². The van der Waals surface area contributed by atoms with Gasteiger partial charge in [0.2, 0.25) is 9.43 Å². The number of halogens is 1. The van der Waals surface area contributed by atoms with Gasteiger partial charge in [0.1, 0.15) is 5.69 Å². The van der Waals surface area contributed by atoms with Crippen LogP contribution in [0.25, 0.3) is 4.96 Å². The van der Waals surface area contributed by atoms with Crippen molar-refractivity contribution < 1.29 is 4.92 Å². The SMILES string of the molecule is Cc1ccc(Cc2nnc3sc(Cl)nn3c2=O)c([N+](=O)[O-])c1. The maximum Gasteiger partial charge on any atom is 0.297 e. The molecule has 2 heterocycles. The number of nitrogens with zero attached hydrogens (tertiary/aromatic N) is 5. The van der Waals surface area contributed by atoms with E-state index in [0.717, 1.165) is 21.4 Å². The van der Waals surface area contributed by atoms with E-state index in [2.05, 4.69) is 15.3 Å². The average Bonchev–Trinajstić information content (AvgIpc) is 2.85. The molecule has 22 heavy (non-hydrogen) atoms. The van der Waals surface area contributed by atoms with E-state index < -0.39 is 10.5 Å². The molecular formula is C12H8ClN5O3S. The molecule has 0 saturated carbocycles. The molecule has 0 aliphatic rings. The Bertz CT molecular complexity index is 952. The van der Waals surface area contributed by atoms with Crippen molar-refractivity contribution in [3.05, 3.63) is 60.0 Å². The van der Waals surface area contributed by atoms with Gasteiger partial charge in [0.15, 0.2) is 0 Å². The summed E-state index contributed by atoms with van der Waals surface area (Å²) in [4.78, 5) is 23.2. The molecule has 0 aliphatic heterocycles. The van der Waals surface area contributed by atoms with Crippen LogP contribution in [-0.4, -0.2) is 24.7 Å². The van der Waals surface area contributed by atoms with Crippen LogP contribution in [0.3, 0.4) is 0 Å². The van der Waals surface area contributed by atoms with Gasteiger partial charge in [0, 0.05) is 18.1 Å². The predicted octanol–water partition coefficient (Wildman–Crippen LogP) is 2.01. The number of fused-ring (bicyclic) bond motifs is 1. The van der Waals surface area contributed by atoms with Crippen molar-refractivity contribution in [3.63, 3.8) is 0 Å². The van der Waals surface area contributed by atoms with Crippen LogP contribution < -0.4 is 5.56 Å². The highest BCUT2D eigenvalue weighted by atomic mass is 35.5. The maximum atomic E-state index is 12.3. The van der Waals surface area contributed by atoms with Gasteiger partial charge in [-0.15, -0.1) is 15.3 Å². The molecule has 10 heteroatoms. The molecule has 8 nitrogen and oxygen atoms in total. The molecule has 2 aromatic heterocycles. The molecule has 0 atom stereocenters. The Balaban J connectivity index is 2.09. The van der Waals surface area contributed by atoms with E-state index in [0.29, 0.717) is 5.56 Å². The summed E-state index contributed by atoms with van der Waals surface area (Å²) < 4.78 is 1.22. The van der Waals surface area contributed by atoms with Crippen LogP contribution in [0.4, 0.5) is 5.69 Å². The molecule has 3 rings (SSSR count). The third-order valence-corrected chi connectivity index (χ3v) is 4.02. The van der Waals surface area contributed by atoms with E-state index in [4.69, 9.17) is 11.6 Å². The van der Waals surface area contributed by atoms with Crippen LogP contribution in [0.1, 0.15) is 16.8 Å². The molecule has 0 unspecified atom stereocenters. The van der Waals surface area contributed by atoms with Crippen molar-refractivity contribution in [1.82, 2.24) is 19.8 Å². The topological polar surface area (TPSA) is 103 Å². The number of hydrogen-bond donors (Lipinski definition) is 0. The van der Waals surface area contributed by atoms with E-state index in [-0.39, 0.29) is 27.2 Å². The van der Waals surface area contributed by atoms with Crippen molar-refractivity contribution >= 4 is 33.6 Å². The molecule has 0 radical (unpaired) electrons. The minimum atomic E-state index is -0.483. The van der Waals surface area contributed by atoms with Gasteiger partial charge >= 0.3 is 0 Å². The maximum absolute atomic E-state index is 12.3. The summed E-state index contributed by atoms with van der Waals surface area (Å²) in [6.07, 6.45) is 0.000508. The lowest BCUT2D eigenvalue weighted by Gasteiger charge is -2.03. The third kappa shape index (κ3) is 2.55. The Morgan fingerprint density at radius 2 is 2.18 bits per heavy atom. The Labute approximate surface area is 132 Å². The van der Waals surface area contributed by atoms with Crippen molar-refractivity contribution in [2.75, 3.05) is 0 Å². The van der Waals surface area contributed by atoms with E-state index in [1.165, 1.54) is 6.07 Å². The molecule has 0 aliphatic carbocycles. The average molecular weight is 338 g/mol. The Morgan fingerprint density at radius 1 is 1.41 bits per heavy atom. The molecule has 112 valence electrons. The lowest BCUT2D eigenvalue weighted by atomic mass is 10.1. The van der Waals surface area contributed by atoms with Gasteiger partial charge in [-0.2, -0.15) is 4.52 Å². The first-order valence-electron chi connectivity index (χ1n) is 6.10. The van der Waals surface area contributed by atoms with Crippen molar-refractivity contribution in [1.29, 1.82) is 0 Å². The van der Waals surface area contributed by atoms with Gasteiger partial charge in [0.05, 0.1) is 4.92 Å². The van der Waals surface area contributed by atoms with Crippen molar-refractivity contribution in [2.45, 2.75) is 13.3 Å². The fraction of sp³-hybridized carbons (Fsp3) is 0.167. The molecule has 0 bridgehead atoms. The number of benzene rings is 1. The Kier molecular flexibility index (Phi) is 3.59. The van der Waals surface area contributed by atoms with Gasteiger partial charge in [-0.25, -0.2) is 0 Å². The second kappa shape index (κ2) is 5.43. The molecule has 0 saturated heterocycles. The number of aromatic nitrogens is 4. The van der Waals surface area contributed by atoms with Crippen LogP contribution >= 0.6 is 22.9 Å². The highest BCUT2D eigenvalue weighted by Gasteiger charge is 2.18. The Morgan fingerprint density at radius 3 is 2.91 bits per heavy atom. The smallest absolute Gasteiger partial charge is 0.265 e. The standard InChI is InChI=1S/C12H8ClN5O3S/c1-6-2-3-7(9(4-6)18(20)21)5-8-10(19)17-12(15-14-8)22-11(13)16-17/h2-4H,5H2,1H3. The number of rotatable bonds is 3. The van der Waals surface area contributed by atoms with Crippen LogP contribution in [-0.2, 0) is 6.42 Å². The predicted molar refractivity (Wildman–Crippen MR) is 80.6 cm³/mol. The minimum Gasteiger partial charge on any atom is -0.265 e. The molecule has 0 amide bonds. The third-order valence-electron chi connectivity index (χ3n) is 3.03. The summed E-state index contributed by atoms with van der Waals surface area (Å²) in [5.74, 6) is 0. The summed E-state index contributed by atoms with van der Waals surface area (Å²) in [6, 6.07) is 4.81. The van der Waals surface area contributed by atoms with E-state index in [1.54, 1.807) is 19.1 Å². The summed E-state index contributed by atoms with van der Waals surface area (Å²) in [6.45, 7) is 1.76.